The van der Waals surface area contributed by atoms with Crippen molar-refractivity contribution in [3.63, 3.8) is 0 Å². The molecule has 1 aromatic carbocycles. The standard InChI is InChI=1S/C20H24F2N4O3S/c1-14-20(15(2)24(3)23-14)30(28,29)26-10-4-9-25(11-12-26)19(27)8-5-16-13-17(21)6-7-18(16)22/h5-8,13H,4,9-12H2,1-3H3/b8-5+. The van der Waals surface area contributed by atoms with Crippen LogP contribution in [-0.2, 0) is 21.9 Å². The molecule has 0 saturated carbocycles. The van der Waals surface area contributed by atoms with Crippen molar-refractivity contribution < 1.29 is 22.0 Å². The summed E-state index contributed by atoms with van der Waals surface area (Å²) in [6, 6.07) is 3.01. The van der Waals surface area contributed by atoms with Gasteiger partial charge in [-0.05, 0) is 44.5 Å². The molecule has 2 heterocycles. The van der Waals surface area contributed by atoms with E-state index in [-0.39, 0.29) is 36.0 Å². The lowest BCUT2D eigenvalue weighted by molar-refractivity contribution is -0.125. The number of amides is 1. The summed E-state index contributed by atoms with van der Waals surface area (Å²) >= 11 is 0. The van der Waals surface area contributed by atoms with Crippen LogP contribution in [0.1, 0.15) is 23.4 Å². The van der Waals surface area contributed by atoms with E-state index >= 15 is 0 Å². The third-order valence-corrected chi connectivity index (χ3v) is 7.32. The number of benzene rings is 1. The van der Waals surface area contributed by atoms with Gasteiger partial charge in [-0.15, -0.1) is 0 Å². The molecule has 1 aliphatic rings. The van der Waals surface area contributed by atoms with Crippen molar-refractivity contribution >= 4 is 22.0 Å². The molecule has 7 nitrogen and oxygen atoms in total. The van der Waals surface area contributed by atoms with E-state index in [2.05, 4.69) is 5.10 Å². The molecule has 0 aliphatic carbocycles. The van der Waals surface area contributed by atoms with Crippen LogP contribution in [0.2, 0.25) is 0 Å². The Balaban J connectivity index is 1.72. The number of nitrogens with zero attached hydrogens (tertiary/aromatic N) is 4. The number of aryl methyl sites for hydroxylation is 2. The topological polar surface area (TPSA) is 75.5 Å². The quantitative estimate of drug-likeness (QED) is 0.687. The van der Waals surface area contributed by atoms with Gasteiger partial charge in [0.25, 0.3) is 0 Å². The molecule has 0 radical (unpaired) electrons. The van der Waals surface area contributed by atoms with E-state index in [1.54, 1.807) is 20.9 Å². The first kappa shape index (κ1) is 22.1. The van der Waals surface area contributed by atoms with Crippen molar-refractivity contribution in [1.29, 1.82) is 0 Å². The monoisotopic (exact) mass is 438 g/mol. The van der Waals surface area contributed by atoms with Crippen molar-refractivity contribution in [3.8, 4) is 0 Å². The van der Waals surface area contributed by atoms with Crippen LogP contribution in [0.4, 0.5) is 8.78 Å². The number of rotatable bonds is 4. The lowest BCUT2D eigenvalue weighted by Gasteiger charge is -2.21. The second kappa shape index (κ2) is 8.65. The summed E-state index contributed by atoms with van der Waals surface area (Å²) in [4.78, 5) is 14.2. The lowest BCUT2D eigenvalue weighted by atomic mass is 10.2. The predicted octanol–water partition coefficient (Wildman–Crippen LogP) is 2.25. The predicted molar refractivity (Wildman–Crippen MR) is 108 cm³/mol. The number of halogens is 2. The Morgan fingerprint density at radius 2 is 1.87 bits per heavy atom. The van der Waals surface area contributed by atoms with E-state index in [9.17, 15) is 22.0 Å². The van der Waals surface area contributed by atoms with Crippen LogP contribution >= 0.6 is 0 Å². The molecule has 162 valence electrons. The Hall–Kier alpha value is -2.59. The maximum absolute atomic E-state index is 13.7. The molecule has 1 aromatic heterocycles. The van der Waals surface area contributed by atoms with E-state index in [1.165, 1.54) is 26.0 Å². The first-order chi connectivity index (χ1) is 14.1. The van der Waals surface area contributed by atoms with Crippen LogP contribution in [0, 0.1) is 25.5 Å². The zero-order chi connectivity index (χ0) is 22.1. The van der Waals surface area contributed by atoms with Gasteiger partial charge in [0.15, 0.2) is 0 Å². The average molecular weight is 439 g/mol. The Kier molecular flexibility index (Phi) is 6.37. The minimum atomic E-state index is -3.74. The van der Waals surface area contributed by atoms with Crippen LogP contribution in [-0.4, -0.2) is 59.5 Å². The summed E-state index contributed by atoms with van der Waals surface area (Å²) in [5.74, 6) is -1.61. The molecule has 1 fully saturated rings. The first-order valence-corrected chi connectivity index (χ1v) is 11.0. The van der Waals surface area contributed by atoms with Gasteiger partial charge in [-0.2, -0.15) is 9.40 Å². The van der Waals surface area contributed by atoms with Gasteiger partial charge in [0.2, 0.25) is 15.9 Å². The fraction of sp³-hybridized carbons (Fsp3) is 0.400. The van der Waals surface area contributed by atoms with Crippen molar-refractivity contribution in [2.75, 3.05) is 26.2 Å². The molecule has 10 heteroatoms. The van der Waals surface area contributed by atoms with Gasteiger partial charge >= 0.3 is 0 Å². The highest BCUT2D eigenvalue weighted by molar-refractivity contribution is 7.89. The summed E-state index contributed by atoms with van der Waals surface area (Å²) < 4.78 is 56.1. The number of carbonyl (C=O) groups is 1. The largest absolute Gasteiger partial charge is 0.338 e. The Morgan fingerprint density at radius 3 is 2.53 bits per heavy atom. The smallest absolute Gasteiger partial charge is 0.246 e. The molecule has 0 spiro atoms. The summed E-state index contributed by atoms with van der Waals surface area (Å²) in [7, 11) is -2.05. The molecular formula is C20H24F2N4O3S. The molecule has 2 aromatic rings. The summed E-state index contributed by atoms with van der Waals surface area (Å²) in [5.41, 5.74) is 0.974. The molecule has 0 unspecified atom stereocenters. The van der Waals surface area contributed by atoms with Crippen molar-refractivity contribution in [3.05, 3.63) is 52.9 Å². The zero-order valence-corrected chi connectivity index (χ0v) is 17.9. The second-order valence-electron chi connectivity index (χ2n) is 7.21. The van der Waals surface area contributed by atoms with E-state index in [0.29, 0.717) is 24.4 Å². The highest BCUT2D eigenvalue weighted by atomic mass is 32.2. The second-order valence-corrected chi connectivity index (χ2v) is 9.08. The van der Waals surface area contributed by atoms with Gasteiger partial charge in [0, 0.05) is 44.9 Å². The van der Waals surface area contributed by atoms with E-state index in [1.807, 2.05) is 0 Å². The highest BCUT2D eigenvalue weighted by Crippen LogP contribution is 2.24. The van der Waals surface area contributed by atoms with Gasteiger partial charge in [-0.25, -0.2) is 17.2 Å². The molecule has 30 heavy (non-hydrogen) atoms. The molecule has 1 amide bonds. The lowest BCUT2D eigenvalue weighted by Crippen LogP contribution is -2.37. The van der Waals surface area contributed by atoms with Gasteiger partial charge < -0.3 is 4.90 Å². The fourth-order valence-corrected chi connectivity index (χ4v) is 5.39. The number of hydrogen-bond acceptors (Lipinski definition) is 4. The molecule has 3 rings (SSSR count). The maximum Gasteiger partial charge on any atom is 0.246 e. The molecular weight excluding hydrogens is 414 g/mol. The number of hydrogen-bond donors (Lipinski definition) is 0. The normalized spacial score (nSPS) is 16.2. The first-order valence-electron chi connectivity index (χ1n) is 9.53. The number of carbonyl (C=O) groups excluding carboxylic acids is 1. The molecule has 0 atom stereocenters. The van der Waals surface area contributed by atoms with Crippen LogP contribution < -0.4 is 0 Å². The third kappa shape index (κ3) is 4.44. The van der Waals surface area contributed by atoms with Gasteiger partial charge in [-0.1, -0.05) is 0 Å². The third-order valence-electron chi connectivity index (χ3n) is 5.17. The van der Waals surface area contributed by atoms with E-state index < -0.39 is 21.7 Å². The Morgan fingerprint density at radius 1 is 1.13 bits per heavy atom. The molecule has 1 aliphatic heterocycles. The molecule has 0 N–H and O–H groups in total. The Labute approximate surface area is 174 Å². The van der Waals surface area contributed by atoms with Gasteiger partial charge in [-0.3, -0.25) is 9.48 Å². The summed E-state index contributed by atoms with van der Waals surface area (Å²) in [6.45, 7) is 4.35. The zero-order valence-electron chi connectivity index (χ0n) is 17.1. The van der Waals surface area contributed by atoms with Crippen molar-refractivity contribution in [2.45, 2.75) is 25.2 Å². The summed E-state index contributed by atoms with van der Waals surface area (Å²) in [5, 5.41) is 4.18. The Bertz CT molecular complexity index is 1100. The van der Waals surface area contributed by atoms with Crippen LogP contribution in [0.5, 0.6) is 0 Å². The van der Waals surface area contributed by atoms with Crippen LogP contribution in [0.25, 0.3) is 6.08 Å². The van der Waals surface area contributed by atoms with Crippen LogP contribution in [0.3, 0.4) is 0 Å². The van der Waals surface area contributed by atoms with Crippen molar-refractivity contribution in [2.24, 2.45) is 7.05 Å². The molecule has 0 bridgehead atoms. The van der Waals surface area contributed by atoms with E-state index in [4.69, 9.17) is 0 Å². The minimum Gasteiger partial charge on any atom is -0.338 e. The number of aromatic nitrogens is 2. The molecule has 1 saturated heterocycles. The minimum absolute atomic E-state index is 0.0232. The fourth-order valence-electron chi connectivity index (χ4n) is 3.52. The van der Waals surface area contributed by atoms with Gasteiger partial charge in [0.1, 0.15) is 16.5 Å². The average Bonchev–Trinajstić information content (AvgIpc) is 2.87. The highest BCUT2D eigenvalue weighted by Gasteiger charge is 2.32. The maximum atomic E-state index is 13.7. The van der Waals surface area contributed by atoms with E-state index in [0.717, 1.165) is 18.2 Å². The van der Waals surface area contributed by atoms with Gasteiger partial charge in [0.05, 0.1) is 11.4 Å². The summed E-state index contributed by atoms with van der Waals surface area (Å²) in [6.07, 6.45) is 2.87. The van der Waals surface area contributed by atoms with Crippen LogP contribution in [0.15, 0.2) is 29.2 Å². The SMILES string of the molecule is Cc1nn(C)c(C)c1S(=O)(=O)N1CCCN(C(=O)/C=C/c2cc(F)ccc2F)CC1. The van der Waals surface area contributed by atoms with Crippen molar-refractivity contribution in [1.82, 2.24) is 19.0 Å². The number of sulfonamides is 1.